The van der Waals surface area contributed by atoms with E-state index in [1.165, 1.54) is 0 Å². The molecule has 3 rings (SSSR count). The van der Waals surface area contributed by atoms with E-state index < -0.39 is 0 Å². The van der Waals surface area contributed by atoms with Crippen LogP contribution < -0.4 is 11.1 Å². The second-order valence-electron chi connectivity index (χ2n) is 4.33. The lowest BCUT2D eigenvalue weighted by Gasteiger charge is -2.10. The van der Waals surface area contributed by atoms with Gasteiger partial charge in [-0.3, -0.25) is 4.98 Å². The summed E-state index contributed by atoms with van der Waals surface area (Å²) < 4.78 is 0. The Hall–Kier alpha value is -2.12. The summed E-state index contributed by atoms with van der Waals surface area (Å²) in [4.78, 5) is 4.27. The lowest BCUT2D eigenvalue weighted by atomic mass is 10.1. The Balaban J connectivity index is 2.14. The minimum absolute atomic E-state index is 0.202. The Labute approximate surface area is 99.1 Å². The highest BCUT2D eigenvalue weighted by Gasteiger charge is 2.34. The number of benzene rings is 1. The third-order valence-electron chi connectivity index (χ3n) is 3.07. The molecule has 4 heteroatoms. The van der Waals surface area contributed by atoms with E-state index in [0.717, 1.165) is 23.0 Å². The van der Waals surface area contributed by atoms with Crippen molar-refractivity contribution >= 4 is 16.6 Å². The molecule has 17 heavy (non-hydrogen) atoms. The van der Waals surface area contributed by atoms with Gasteiger partial charge in [0.05, 0.1) is 16.8 Å². The molecule has 1 aromatic carbocycles. The first-order chi connectivity index (χ1) is 8.29. The van der Waals surface area contributed by atoms with Crippen molar-refractivity contribution in [2.24, 2.45) is 5.73 Å². The van der Waals surface area contributed by atoms with Gasteiger partial charge in [-0.1, -0.05) is 18.2 Å². The molecule has 0 saturated heterocycles. The predicted octanol–water partition coefficient (Wildman–Crippen LogP) is 1.62. The number of pyridine rings is 1. The molecule has 2 unspecified atom stereocenters. The first-order valence-corrected chi connectivity index (χ1v) is 5.59. The number of rotatable bonds is 2. The Bertz CT molecular complexity index is 614. The Morgan fingerprint density at radius 2 is 2.18 bits per heavy atom. The van der Waals surface area contributed by atoms with Gasteiger partial charge in [0.2, 0.25) is 0 Å². The van der Waals surface area contributed by atoms with Crippen molar-refractivity contribution in [3.63, 3.8) is 0 Å². The van der Waals surface area contributed by atoms with E-state index in [-0.39, 0.29) is 12.1 Å². The minimum atomic E-state index is 0.202. The standard InChI is InChI=1S/C13H12N4/c14-6-8-7-16-11-4-2-1-3-9(11)13(8)17-12-5-10(12)15/h1-4,7,10,12H,5,15H2,(H,16,17). The summed E-state index contributed by atoms with van der Waals surface area (Å²) in [5.74, 6) is 0. The van der Waals surface area contributed by atoms with Crippen LogP contribution in [0, 0.1) is 11.3 Å². The van der Waals surface area contributed by atoms with Crippen molar-refractivity contribution < 1.29 is 0 Å². The monoisotopic (exact) mass is 224 g/mol. The average molecular weight is 224 g/mol. The summed E-state index contributed by atoms with van der Waals surface area (Å²) >= 11 is 0. The van der Waals surface area contributed by atoms with Crippen LogP contribution in [-0.2, 0) is 0 Å². The molecular weight excluding hydrogens is 212 g/mol. The number of nitrogens with one attached hydrogen (secondary N) is 1. The van der Waals surface area contributed by atoms with Crippen molar-refractivity contribution in [1.82, 2.24) is 4.98 Å². The number of nitrogens with two attached hydrogens (primary N) is 1. The predicted molar refractivity (Wildman–Crippen MR) is 66.5 cm³/mol. The fourth-order valence-corrected chi connectivity index (χ4v) is 1.95. The summed E-state index contributed by atoms with van der Waals surface area (Å²) in [7, 11) is 0. The van der Waals surface area contributed by atoms with Gasteiger partial charge in [-0.05, 0) is 12.5 Å². The van der Waals surface area contributed by atoms with Crippen LogP contribution in [0.15, 0.2) is 30.5 Å². The van der Waals surface area contributed by atoms with Gasteiger partial charge in [0, 0.05) is 23.7 Å². The summed E-state index contributed by atoms with van der Waals surface area (Å²) in [6.45, 7) is 0. The molecule has 1 aliphatic rings. The molecule has 1 saturated carbocycles. The number of hydrogen-bond acceptors (Lipinski definition) is 4. The average Bonchev–Trinajstić information content (AvgIpc) is 3.05. The summed E-state index contributed by atoms with van der Waals surface area (Å²) in [6, 6.07) is 10.5. The van der Waals surface area contributed by atoms with Gasteiger partial charge >= 0.3 is 0 Å². The molecule has 0 aliphatic heterocycles. The van der Waals surface area contributed by atoms with Crippen LogP contribution in [0.25, 0.3) is 10.9 Å². The normalized spacial score (nSPS) is 22.1. The molecule has 1 heterocycles. The SMILES string of the molecule is N#Cc1cnc2ccccc2c1NC1CC1N. The lowest BCUT2D eigenvalue weighted by molar-refractivity contribution is 1.01. The first-order valence-electron chi connectivity index (χ1n) is 5.59. The maximum absolute atomic E-state index is 9.12. The molecule has 3 N–H and O–H groups in total. The van der Waals surface area contributed by atoms with Crippen LogP contribution in [-0.4, -0.2) is 17.1 Å². The first kappa shape index (κ1) is 10.1. The zero-order valence-electron chi connectivity index (χ0n) is 9.22. The topological polar surface area (TPSA) is 74.7 Å². The van der Waals surface area contributed by atoms with Gasteiger partial charge in [-0.25, -0.2) is 0 Å². The number of anilines is 1. The van der Waals surface area contributed by atoms with Crippen LogP contribution >= 0.6 is 0 Å². The van der Waals surface area contributed by atoms with E-state index in [1.54, 1.807) is 6.20 Å². The fourth-order valence-electron chi connectivity index (χ4n) is 1.95. The number of aromatic nitrogens is 1. The number of hydrogen-bond donors (Lipinski definition) is 2. The quantitative estimate of drug-likeness (QED) is 0.812. The molecule has 0 amide bonds. The van der Waals surface area contributed by atoms with Crippen molar-refractivity contribution in [3.05, 3.63) is 36.0 Å². The van der Waals surface area contributed by atoms with Gasteiger partial charge in [0.25, 0.3) is 0 Å². The smallest absolute Gasteiger partial charge is 0.103 e. The van der Waals surface area contributed by atoms with E-state index in [9.17, 15) is 0 Å². The van der Waals surface area contributed by atoms with E-state index in [4.69, 9.17) is 11.0 Å². The van der Waals surface area contributed by atoms with Crippen molar-refractivity contribution in [2.45, 2.75) is 18.5 Å². The van der Waals surface area contributed by atoms with Crippen molar-refractivity contribution in [3.8, 4) is 6.07 Å². The van der Waals surface area contributed by atoms with E-state index >= 15 is 0 Å². The maximum atomic E-state index is 9.12. The molecule has 1 aromatic heterocycles. The molecule has 4 nitrogen and oxygen atoms in total. The summed E-state index contributed by atoms with van der Waals surface area (Å²) in [5.41, 5.74) is 8.11. The largest absolute Gasteiger partial charge is 0.379 e. The third-order valence-corrected chi connectivity index (χ3v) is 3.07. The zero-order chi connectivity index (χ0) is 11.8. The van der Waals surface area contributed by atoms with Crippen molar-refractivity contribution in [1.29, 1.82) is 5.26 Å². The maximum Gasteiger partial charge on any atom is 0.103 e. The van der Waals surface area contributed by atoms with Gasteiger partial charge < -0.3 is 11.1 Å². The summed E-state index contributed by atoms with van der Waals surface area (Å²) in [5, 5.41) is 13.4. The van der Waals surface area contributed by atoms with Crippen LogP contribution in [0.5, 0.6) is 0 Å². The van der Waals surface area contributed by atoms with Gasteiger partial charge in [-0.2, -0.15) is 5.26 Å². The van der Waals surface area contributed by atoms with Crippen LogP contribution in [0.3, 0.4) is 0 Å². The molecule has 2 atom stereocenters. The molecule has 84 valence electrons. The molecule has 2 aromatic rings. The Morgan fingerprint density at radius 3 is 2.88 bits per heavy atom. The lowest BCUT2D eigenvalue weighted by Crippen LogP contribution is -2.14. The van der Waals surface area contributed by atoms with Crippen molar-refractivity contribution in [2.75, 3.05) is 5.32 Å². The van der Waals surface area contributed by atoms with E-state index in [2.05, 4.69) is 16.4 Å². The molecule has 1 aliphatic carbocycles. The number of fused-ring (bicyclic) bond motifs is 1. The second-order valence-corrected chi connectivity index (χ2v) is 4.33. The highest BCUT2D eigenvalue weighted by atomic mass is 15.0. The zero-order valence-corrected chi connectivity index (χ0v) is 9.22. The fraction of sp³-hybridized carbons (Fsp3) is 0.231. The molecule has 0 bridgehead atoms. The van der Waals surface area contributed by atoms with Gasteiger partial charge in [-0.15, -0.1) is 0 Å². The van der Waals surface area contributed by atoms with E-state index in [0.29, 0.717) is 5.56 Å². The highest BCUT2D eigenvalue weighted by molar-refractivity contribution is 5.94. The van der Waals surface area contributed by atoms with Crippen LogP contribution in [0.1, 0.15) is 12.0 Å². The number of para-hydroxylation sites is 1. The third kappa shape index (κ3) is 1.71. The van der Waals surface area contributed by atoms with Crippen LogP contribution in [0.2, 0.25) is 0 Å². The van der Waals surface area contributed by atoms with E-state index in [1.807, 2.05) is 24.3 Å². The molecular formula is C13H12N4. The Kier molecular flexibility index (Phi) is 2.20. The summed E-state index contributed by atoms with van der Waals surface area (Å²) in [6.07, 6.45) is 2.57. The number of nitriles is 1. The van der Waals surface area contributed by atoms with Crippen LogP contribution in [0.4, 0.5) is 5.69 Å². The Morgan fingerprint density at radius 1 is 1.41 bits per heavy atom. The van der Waals surface area contributed by atoms with Gasteiger partial charge in [0.15, 0.2) is 0 Å². The second kappa shape index (κ2) is 3.72. The molecule has 0 radical (unpaired) electrons. The molecule has 0 spiro atoms. The highest BCUT2D eigenvalue weighted by Crippen LogP contribution is 2.30. The minimum Gasteiger partial charge on any atom is -0.379 e. The number of nitrogens with zero attached hydrogens (tertiary/aromatic N) is 2. The molecule has 1 fully saturated rings. The van der Waals surface area contributed by atoms with Gasteiger partial charge in [0.1, 0.15) is 6.07 Å².